The van der Waals surface area contributed by atoms with Crippen LogP contribution in [-0.2, 0) is 6.54 Å². The van der Waals surface area contributed by atoms with E-state index in [0.29, 0.717) is 0 Å². The van der Waals surface area contributed by atoms with Crippen LogP contribution in [0.2, 0.25) is 0 Å². The van der Waals surface area contributed by atoms with Gasteiger partial charge >= 0.3 is 0 Å². The van der Waals surface area contributed by atoms with E-state index < -0.39 is 0 Å². The molecule has 0 fully saturated rings. The summed E-state index contributed by atoms with van der Waals surface area (Å²) in [7, 11) is 7.99. The maximum Gasteiger partial charge on any atom is 0.123 e. The predicted octanol–water partition coefficient (Wildman–Crippen LogP) is 3.06. The van der Waals surface area contributed by atoms with Crippen molar-refractivity contribution in [2.45, 2.75) is 6.54 Å². The molecule has 0 aliphatic carbocycles. The molecule has 0 saturated heterocycles. The van der Waals surface area contributed by atoms with Crippen LogP contribution in [0.25, 0.3) is 11.1 Å². The van der Waals surface area contributed by atoms with Crippen LogP contribution < -0.4 is 4.74 Å². The zero-order valence-corrected chi connectivity index (χ0v) is 14.4. The summed E-state index contributed by atoms with van der Waals surface area (Å²) in [5.41, 5.74) is 3.38. The van der Waals surface area contributed by atoms with Crippen molar-refractivity contribution in [3.63, 3.8) is 0 Å². The van der Waals surface area contributed by atoms with Gasteiger partial charge in [-0.1, -0.05) is 18.2 Å². The smallest absolute Gasteiger partial charge is 0.123 e. The monoisotopic (exact) mass is 314 g/mol. The lowest BCUT2D eigenvalue weighted by molar-refractivity contribution is 0.272. The van der Waals surface area contributed by atoms with Gasteiger partial charge in [0.2, 0.25) is 0 Å². The van der Waals surface area contributed by atoms with Gasteiger partial charge in [0, 0.05) is 25.2 Å². The molecule has 2 rings (SSSR count). The molecule has 0 aromatic heterocycles. The number of methoxy groups -OCH3 is 1. The van der Waals surface area contributed by atoms with E-state index in [1.165, 1.54) is 5.56 Å². The highest BCUT2D eigenvalue weighted by Crippen LogP contribution is 2.28. The Morgan fingerprint density at radius 3 is 2.17 bits per heavy atom. The molecule has 23 heavy (non-hydrogen) atoms. The molecule has 2 aromatic carbocycles. The molecule has 2 aromatic rings. The summed E-state index contributed by atoms with van der Waals surface area (Å²) in [5.74, 6) is 1.19. The Morgan fingerprint density at radius 1 is 0.913 bits per heavy atom. The molecule has 4 heteroatoms. The summed E-state index contributed by atoms with van der Waals surface area (Å²) in [6.45, 7) is 2.86. The fraction of sp³-hybridized carbons (Fsp3) is 0.368. The molecule has 0 unspecified atom stereocenters. The first kappa shape index (κ1) is 17.3. The lowest BCUT2D eigenvalue weighted by atomic mass is 10.0. The summed E-state index contributed by atoms with van der Waals surface area (Å²) in [5, 5.41) is 9.43. The summed E-state index contributed by atoms with van der Waals surface area (Å²) in [6.07, 6.45) is 0. The van der Waals surface area contributed by atoms with Crippen molar-refractivity contribution >= 4 is 0 Å². The summed E-state index contributed by atoms with van der Waals surface area (Å²) in [6, 6.07) is 13.5. The number of rotatable bonds is 7. The third-order valence-corrected chi connectivity index (χ3v) is 3.85. The van der Waals surface area contributed by atoms with Crippen molar-refractivity contribution in [1.29, 1.82) is 0 Å². The van der Waals surface area contributed by atoms with Gasteiger partial charge in [0.15, 0.2) is 0 Å². The Balaban J connectivity index is 2.20. The van der Waals surface area contributed by atoms with E-state index in [1.807, 2.05) is 18.2 Å². The zero-order valence-electron chi connectivity index (χ0n) is 14.4. The average Bonchev–Trinajstić information content (AvgIpc) is 2.53. The van der Waals surface area contributed by atoms with E-state index in [2.05, 4.69) is 43.1 Å². The van der Waals surface area contributed by atoms with Gasteiger partial charge in [0.05, 0.1) is 7.11 Å². The molecule has 0 amide bonds. The number of hydrogen-bond acceptors (Lipinski definition) is 4. The maximum absolute atomic E-state index is 9.43. The predicted molar refractivity (Wildman–Crippen MR) is 95.0 cm³/mol. The number of nitrogens with zero attached hydrogens (tertiary/aromatic N) is 2. The van der Waals surface area contributed by atoms with E-state index in [0.717, 1.165) is 36.5 Å². The zero-order chi connectivity index (χ0) is 16.8. The van der Waals surface area contributed by atoms with Crippen molar-refractivity contribution in [2.24, 2.45) is 0 Å². The molecule has 0 heterocycles. The van der Waals surface area contributed by atoms with Gasteiger partial charge in [-0.2, -0.15) is 0 Å². The van der Waals surface area contributed by atoms with Gasteiger partial charge in [0.25, 0.3) is 0 Å². The third kappa shape index (κ3) is 4.98. The number of phenols is 1. The van der Waals surface area contributed by atoms with Crippen LogP contribution in [0.5, 0.6) is 11.5 Å². The van der Waals surface area contributed by atoms with E-state index in [1.54, 1.807) is 19.2 Å². The van der Waals surface area contributed by atoms with Gasteiger partial charge < -0.3 is 19.6 Å². The van der Waals surface area contributed by atoms with Gasteiger partial charge in [0.1, 0.15) is 11.5 Å². The molecule has 0 atom stereocenters. The quantitative estimate of drug-likeness (QED) is 0.852. The van der Waals surface area contributed by atoms with Crippen molar-refractivity contribution in [3.05, 3.63) is 48.0 Å². The Kier molecular flexibility index (Phi) is 6.02. The van der Waals surface area contributed by atoms with Crippen LogP contribution in [-0.4, -0.2) is 56.2 Å². The first-order valence-corrected chi connectivity index (χ1v) is 7.79. The molecule has 0 bridgehead atoms. The molecule has 0 aliphatic rings. The van der Waals surface area contributed by atoms with E-state index in [-0.39, 0.29) is 5.75 Å². The van der Waals surface area contributed by atoms with Crippen LogP contribution in [0, 0.1) is 0 Å². The first-order chi connectivity index (χ1) is 11.0. The number of ether oxygens (including phenoxy) is 1. The fourth-order valence-electron chi connectivity index (χ4n) is 2.48. The molecule has 124 valence electrons. The maximum atomic E-state index is 9.43. The first-order valence-electron chi connectivity index (χ1n) is 7.79. The number of phenolic OH excluding ortho intramolecular Hbond substituents is 1. The minimum Gasteiger partial charge on any atom is -0.508 e. The van der Waals surface area contributed by atoms with Crippen LogP contribution in [0.15, 0.2) is 42.5 Å². The minimum atomic E-state index is 0.283. The highest BCUT2D eigenvalue weighted by Gasteiger charge is 2.09. The second-order valence-corrected chi connectivity index (χ2v) is 6.11. The second kappa shape index (κ2) is 7.99. The van der Waals surface area contributed by atoms with Crippen molar-refractivity contribution < 1.29 is 9.84 Å². The van der Waals surface area contributed by atoms with Crippen molar-refractivity contribution in [3.8, 4) is 22.6 Å². The molecular formula is C19H26N2O2. The van der Waals surface area contributed by atoms with Crippen LogP contribution in [0.4, 0.5) is 0 Å². The summed E-state index contributed by atoms with van der Waals surface area (Å²) >= 11 is 0. The highest BCUT2D eigenvalue weighted by atomic mass is 16.5. The molecular weight excluding hydrogens is 288 g/mol. The normalized spacial score (nSPS) is 11.2. The van der Waals surface area contributed by atoms with Crippen molar-refractivity contribution in [2.75, 3.05) is 41.3 Å². The van der Waals surface area contributed by atoms with Crippen LogP contribution >= 0.6 is 0 Å². The lowest BCUT2D eigenvalue weighted by Gasteiger charge is -2.21. The van der Waals surface area contributed by atoms with E-state index >= 15 is 0 Å². The molecule has 0 aliphatic heterocycles. The van der Waals surface area contributed by atoms with E-state index in [4.69, 9.17) is 4.74 Å². The second-order valence-electron chi connectivity index (χ2n) is 6.11. The molecule has 0 saturated carbocycles. The number of benzene rings is 2. The highest BCUT2D eigenvalue weighted by molar-refractivity contribution is 5.66. The number of hydrogen-bond donors (Lipinski definition) is 1. The Hall–Kier alpha value is -2.04. The van der Waals surface area contributed by atoms with Gasteiger partial charge in [-0.25, -0.2) is 0 Å². The molecule has 0 radical (unpaired) electrons. The standard InChI is InChI=1S/C19H26N2O2/c1-20(2)11-12-21(3)14-17-13-16(7-10-19(17)23-4)15-5-8-18(22)9-6-15/h5-10,13,22H,11-12,14H2,1-4H3. The van der Waals surface area contributed by atoms with Crippen LogP contribution in [0.1, 0.15) is 5.56 Å². The fourth-order valence-corrected chi connectivity index (χ4v) is 2.48. The average molecular weight is 314 g/mol. The summed E-state index contributed by atoms with van der Waals surface area (Å²) in [4.78, 5) is 4.47. The molecule has 1 N–H and O–H groups in total. The van der Waals surface area contributed by atoms with Gasteiger partial charge in [-0.15, -0.1) is 0 Å². The molecule has 0 spiro atoms. The molecule has 4 nitrogen and oxygen atoms in total. The minimum absolute atomic E-state index is 0.283. The number of likely N-dealkylation sites (N-methyl/N-ethyl adjacent to an activating group) is 2. The number of aromatic hydroxyl groups is 1. The Morgan fingerprint density at radius 2 is 1.57 bits per heavy atom. The Bertz CT molecular complexity index is 624. The topological polar surface area (TPSA) is 35.9 Å². The summed E-state index contributed by atoms with van der Waals surface area (Å²) < 4.78 is 5.50. The van der Waals surface area contributed by atoms with E-state index in [9.17, 15) is 5.11 Å². The van der Waals surface area contributed by atoms with Crippen molar-refractivity contribution in [1.82, 2.24) is 9.80 Å². The third-order valence-electron chi connectivity index (χ3n) is 3.85. The lowest BCUT2D eigenvalue weighted by Crippen LogP contribution is -2.28. The Labute approximate surface area is 138 Å². The van der Waals surface area contributed by atoms with Gasteiger partial charge in [-0.05, 0) is 56.5 Å². The largest absolute Gasteiger partial charge is 0.508 e. The van der Waals surface area contributed by atoms with Crippen LogP contribution in [0.3, 0.4) is 0 Å². The SMILES string of the molecule is COc1ccc(-c2ccc(O)cc2)cc1CN(C)CCN(C)C. The van der Waals surface area contributed by atoms with Gasteiger partial charge in [-0.3, -0.25) is 0 Å².